The molecular formula is C24H22ClN3O2. The Balaban J connectivity index is 1.53. The number of benzene rings is 3. The van der Waals surface area contributed by atoms with E-state index in [1.165, 1.54) is 0 Å². The van der Waals surface area contributed by atoms with Crippen molar-refractivity contribution in [3.8, 4) is 5.75 Å². The number of hydrogen-bond donors (Lipinski definition) is 1. The number of carbonyl (C=O) groups excluding carboxylic acids is 1. The van der Waals surface area contributed by atoms with Crippen molar-refractivity contribution < 1.29 is 9.53 Å². The SMILES string of the molecule is COc1ccc(CNC(=O)Cn2c(Cc3ccccc3)nc3cc(Cl)ccc32)cc1. The van der Waals surface area contributed by atoms with E-state index in [0.717, 1.165) is 33.7 Å². The second-order valence-corrected chi connectivity index (χ2v) is 7.47. The molecule has 152 valence electrons. The minimum atomic E-state index is -0.0746. The van der Waals surface area contributed by atoms with E-state index in [9.17, 15) is 4.79 Å². The van der Waals surface area contributed by atoms with Crippen molar-refractivity contribution in [2.45, 2.75) is 19.5 Å². The second kappa shape index (κ2) is 9.01. The van der Waals surface area contributed by atoms with Crippen LogP contribution in [-0.4, -0.2) is 22.6 Å². The van der Waals surface area contributed by atoms with Crippen LogP contribution in [-0.2, 0) is 24.3 Å². The summed E-state index contributed by atoms with van der Waals surface area (Å²) in [4.78, 5) is 17.5. The van der Waals surface area contributed by atoms with Crippen molar-refractivity contribution in [2.24, 2.45) is 0 Å². The summed E-state index contributed by atoms with van der Waals surface area (Å²) in [6, 6.07) is 23.3. The molecule has 0 aliphatic rings. The largest absolute Gasteiger partial charge is 0.497 e. The average Bonchev–Trinajstić information content (AvgIpc) is 3.09. The highest BCUT2D eigenvalue weighted by molar-refractivity contribution is 6.31. The van der Waals surface area contributed by atoms with Gasteiger partial charge in [-0.05, 0) is 41.5 Å². The van der Waals surface area contributed by atoms with Crippen LogP contribution in [0.25, 0.3) is 11.0 Å². The summed E-state index contributed by atoms with van der Waals surface area (Å²) in [6.07, 6.45) is 0.638. The molecule has 1 N–H and O–H groups in total. The summed E-state index contributed by atoms with van der Waals surface area (Å²) in [5.41, 5.74) is 3.83. The van der Waals surface area contributed by atoms with Crippen molar-refractivity contribution in [3.05, 3.63) is 94.8 Å². The Morgan fingerprint density at radius 3 is 2.53 bits per heavy atom. The molecule has 1 heterocycles. The van der Waals surface area contributed by atoms with Gasteiger partial charge in [0.1, 0.15) is 18.1 Å². The van der Waals surface area contributed by atoms with E-state index in [2.05, 4.69) is 17.4 Å². The molecule has 6 heteroatoms. The van der Waals surface area contributed by atoms with E-state index in [-0.39, 0.29) is 12.5 Å². The van der Waals surface area contributed by atoms with Crippen LogP contribution in [0.3, 0.4) is 0 Å². The Labute approximate surface area is 180 Å². The lowest BCUT2D eigenvalue weighted by Crippen LogP contribution is -2.27. The molecule has 5 nitrogen and oxygen atoms in total. The minimum Gasteiger partial charge on any atom is -0.497 e. The first-order valence-corrected chi connectivity index (χ1v) is 10.1. The Morgan fingerprint density at radius 1 is 1.03 bits per heavy atom. The van der Waals surface area contributed by atoms with Crippen LogP contribution in [0, 0.1) is 0 Å². The monoisotopic (exact) mass is 419 g/mol. The van der Waals surface area contributed by atoms with E-state index in [1.807, 2.05) is 65.2 Å². The first-order valence-electron chi connectivity index (χ1n) is 9.70. The molecule has 1 aromatic heterocycles. The van der Waals surface area contributed by atoms with E-state index in [4.69, 9.17) is 21.3 Å². The smallest absolute Gasteiger partial charge is 0.240 e. The van der Waals surface area contributed by atoms with Crippen LogP contribution >= 0.6 is 11.6 Å². The third-order valence-electron chi connectivity index (χ3n) is 4.94. The van der Waals surface area contributed by atoms with Gasteiger partial charge < -0.3 is 14.6 Å². The van der Waals surface area contributed by atoms with Gasteiger partial charge in [-0.1, -0.05) is 54.1 Å². The maximum absolute atomic E-state index is 12.7. The molecule has 0 aliphatic heterocycles. The van der Waals surface area contributed by atoms with Crippen LogP contribution in [0.1, 0.15) is 17.0 Å². The third kappa shape index (κ3) is 4.63. The number of carbonyl (C=O) groups is 1. The number of halogens is 1. The Morgan fingerprint density at radius 2 is 1.80 bits per heavy atom. The van der Waals surface area contributed by atoms with Crippen molar-refractivity contribution >= 4 is 28.5 Å². The number of methoxy groups -OCH3 is 1. The van der Waals surface area contributed by atoms with Gasteiger partial charge in [0.05, 0.1) is 18.1 Å². The lowest BCUT2D eigenvalue weighted by Gasteiger charge is -2.11. The van der Waals surface area contributed by atoms with Gasteiger partial charge in [0.25, 0.3) is 0 Å². The highest BCUT2D eigenvalue weighted by Crippen LogP contribution is 2.22. The molecule has 0 atom stereocenters. The maximum atomic E-state index is 12.7. The number of fused-ring (bicyclic) bond motifs is 1. The standard InChI is InChI=1S/C24H22ClN3O2/c1-30-20-10-7-18(8-11-20)15-26-24(29)16-28-22-12-9-19(25)14-21(22)27-23(28)13-17-5-3-2-4-6-17/h2-12,14H,13,15-16H2,1H3,(H,26,29). The van der Waals surface area contributed by atoms with Crippen LogP contribution in [0.4, 0.5) is 0 Å². The van der Waals surface area contributed by atoms with Gasteiger partial charge in [-0.25, -0.2) is 4.98 Å². The number of amides is 1. The lowest BCUT2D eigenvalue weighted by molar-refractivity contribution is -0.121. The molecular weight excluding hydrogens is 398 g/mol. The van der Waals surface area contributed by atoms with Gasteiger partial charge >= 0.3 is 0 Å². The number of nitrogens with one attached hydrogen (secondary N) is 1. The number of imidazole rings is 1. The molecule has 0 radical (unpaired) electrons. The van der Waals surface area contributed by atoms with Crippen LogP contribution in [0.5, 0.6) is 5.75 Å². The summed E-state index contributed by atoms with van der Waals surface area (Å²) in [5.74, 6) is 1.55. The molecule has 0 aliphatic carbocycles. The zero-order chi connectivity index (χ0) is 20.9. The van der Waals surface area contributed by atoms with Gasteiger partial charge in [-0.2, -0.15) is 0 Å². The molecule has 4 aromatic rings. The van der Waals surface area contributed by atoms with Gasteiger partial charge in [0.2, 0.25) is 5.91 Å². The van der Waals surface area contributed by atoms with Crippen molar-refractivity contribution in [1.29, 1.82) is 0 Å². The topological polar surface area (TPSA) is 56.1 Å². The molecule has 0 unspecified atom stereocenters. The average molecular weight is 420 g/mol. The Hall–Kier alpha value is -3.31. The highest BCUT2D eigenvalue weighted by Gasteiger charge is 2.14. The van der Waals surface area contributed by atoms with Crippen molar-refractivity contribution in [3.63, 3.8) is 0 Å². The Kier molecular flexibility index (Phi) is 6.00. The van der Waals surface area contributed by atoms with Gasteiger partial charge in [-0.15, -0.1) is 0 Å². The van der Waals surface area contributed by atoms with Crippen molar-refractivity contribution in [2.75, 3.05) is 7.11 Å². The summed E-state index contributed by atoms with van der Waals surface area (Å²) < 4.78 is 7.13. The summed E-state index contributed by atoms with van der Waals surface area (Å²) in [7, 11) is 1.63. The zero-order valence-corrected chi connectivity index (χ0v) is 17.4. The quantitative estimate of drug-likeness (QED) is 0.476. The molecule has 3 aromatic carbocycles. The van der Waals surface area contributed by atoms with Crippen LogP contribution < -0.4 is 10.1 Å². The number of nitrogens with zero attached hydrogens (tertiary/aromatic N) is 2. The fraction of sp³-hybridized carbons (Fsp3) is 0.167. The van der Waals surface area contributed by atoms with Gasteiger partial charge in [0.15, 0.2) is 0 Å². The predicted octanol–water partition coefficient (Wildman–Crippen LogP) is 4.61. The summed E-state index contributed by atoms with van der Waals surface area (Å²) in [6.45, 7) is 0.645. The van der Waals surface area contributed by atoms with Gasteiger partial charge in [-0.3, -0.25) is 4.79 Å². The second-order valence-electron chi connectivity index (χ2n) is 7.03. The zero-order valence-electron chi connectivity index (χ0n) is 16.6. The third-order valence-corrected chi connectivity index (χ3v) is 5.18. The van der Waals surface area contributed by atoms with Crippen LogP contribution in [0.15, 0.2) is 72.8 Å². The van der Waals surface area contributed by atoms with Crippen LogP contribution in [0.2, 0.25) is 5.02 Å². The fourth-order valence-electron chi connectivity index (χ4n) is 3.39. The van der Waals surface area contributed by atoms with Crippen molar-refractivity contribution in [1.82, 2.24) is 14.9 Å². The van der Waals surface area contributed by atoms with E-state index in [1.54, 1.807) is 7.11 Å². The highest BCUT2D eigenvalue weighted by atomic mass is 35.5. The maximum Gasteiger partial charge on any atom is 0.240 e. The summed E-state index contributed by atoms with van der Waals surface area (Å²) in [5, 5.41) is 3.61. The first kappa shape index (κ1) is 20.0. The molecule has 0 bridgehead atoms. The number of aromatic nitrogens is 2. The molecule has 0 saturated heterocycles. The predicted molar refractivity (Wildman–Crippen MR) is 119 cm³/mol. The molecule has 0 saturated carbocycles. The molecule has 4 rings (SSSR count). The van der Waals surface area contributed by atoms with E-state index in [0.29, 0.717) is 18.0 Å². The number of hydrogen-bond acceptors (Lipinski definition) is 3. The molecule has 0 fully saturated rings. The summed E-state index contributed by atoms with van der Waals surface area (Å²) >= 11 is 6.15. The molecule has 0 spiro atoms. The lowest BCUT2D eigenvalue weighted by atomic mass is 10.1. The van der Waals surface area contributed by atoms with Gasteiger partial charge in [0, 0.05) is 18.0 Å². The number of ether oxygens (including phenoxy) is 1. The van der Waals surface area contributed by atoms with E-state index < -0.39 is 0 Å². The minimum absolute atomic E-state index is 0.0746. The molecule has 1 amide bonds. The number of rotatable bonds is 7. The normalized spacial score (nSPS) is 10.9. The first-order chi connectivity index (χ1) is 14.6. The molecule has 30 heavy (non-hydrogen) atoms. The Bertz CT molecular complexity index is 1150. The van der Waals surface area contributed by atoms with E-state index >= 15 is 0 Å². The fourth-order valence-corrected chi connectivity index (χ4v) is 3.55.